The number of fused-ring (bicyclic) bond motifs is 2. The van der Waals surface area contributed by atoms with Crippen LogP contribution in [0.3, 0.4) is 0 Å². The highest BCUT2D eigenvalue weighted by molar-refractivity contribution is 14.1. The average Bonchev–Trinajstić information content (AvgIpc) is 2.86. The van der Waals surface area contributed by atoms with Crippen molar-refractivity contribution in [1.82, 2.24) is 0 Å². The molecule has 2 nitrogen and oxygen atoms in total. The Kier molecular flexibility index (Phi) is 6.10. The smallest absolute Gasteiger partial charge is 0.133 e. The molecule has 0 amide bonds. The zero-order chi connectivity index (χ0) is 22.6. The summed E-state index contributed by atoms with van der Waals surface area (Å²) in [6.45, 7) is 0.507. The van der Waals surface area contributed by atoms with Gasteiger partial charge in [0.05, 0.1) is 15.2 Å². The standard InChI is InChI=1S/C30H20INO/c31-29-17-21(16-27(19-32)25-14-13-22-6-1-2-8-24(22)18-25)12-15-30(29)33-20-26-10-5-9-23-7-3-4-11-28(23)26/h1-18H,20H2/b27-16-. The third-order valence-electron chi connectivity index (χ3n) is 5.71. The van der Waals surface area contributed by atoms with E-state index in [9.17, 15) is 5.26 Å². The normalized spacial score (nSPS) is 11.5. The second-order valence-electron chi connectivity index (χ2n) is 7.85. The van der Waals surface area contributed by atoms with Crippen molar-refractivity contribution in [2.24, 2.45) is 0 Å². The summed E-state index contributed by atoms with van der Waals surface area (Å²) in [4.78, 5) is 0. The minimum atomic E-state index is 0.507. The van der Waals surface area contributed by atoms with Crippen LogP contribution in [0, 0.1) is 14.9 Å². The summed E-state index contributed by atoms with van der Waals surface area (Å²) < 4.78 is 7.17. The van der Waals surface area contributed by atoms with Crippen molar-refractivity contribution in [3.8, 4) is 11.8 Å². The number of nitriles is 1. The van der Waals surface area contributed by atoms with Gasteiger partial charge in [-0.3, -0.25) is 0 Å². The van der Waals surface area contributed by atoms with Gasteiger partial charge in [-0.15, -0.1) is 0 Å². The van der Waals surface area contributed by atoms with Crippen molar-refractivity contribution in [3.05, 3.63) is 123 Å². The van der Waals surface area contributed by atoms with E-state index >= 15 is 0 Å². The molecular formula is C30H20INO. The molecule has 5 aromatic rings. The van der Waals surface area contributed by atoms with Crippen LogP contribution < -0.4 is 4.74 Å². The Hall–Kier alpha value is -3.62. The van der Waals surface area contributed by atoms with Crippen molar-refractivity contribution >= 4 is 55.8 Å². The highest BCUT2D eigenvalue weighted by Gasteiger charge is 2.07. The van der Waals surface area contributed by atoms with Crippen LogP contribution in [0.25, 0.3) is 33.2 Å². The molecule has 0 aromatic heterocycles. The van der Waals surface area contributed by atoms with Gasteiger partial charge in [-0.05, 0) is 85.1 Å². The van der Waals surface area contributed by atoms with Crippen molar-refractivity contribution < 1.29 is 4.74 Å². The van der Waals surface area contributed by atoms with Gasteiger partial charge in [0.1, 0.15) is 12.4 Å². The molecule has 0 radical (unpaired) electrons. The van der Waals surface area contributed by atoms with Crippen LogP contribution >= 0.6 is 22.6 Å². The van der Waals surface area contributed by atoms with Crippen LogP contribution in [0.2, 0.25) is 0 Å². The van der Waals surface area contributed by atoms with E-state index in [0.717, 1.165) is 31.4 Å². The lowest BCUT2D eigenvalue weighted by Gasteiger charge is -2.11. The largest absolute Gasteiger partial charge is 0.488 e. The third-order valence-corrected chi connectivity index (χ3v) is 6.55. The molecule has 0 fully saturated rings. The fourth-order valence-corrected chi connectivity index (χ4v) is 4.70. The fraction of sp³-hybridized carbons (Fsp3) is 0.0333. The van der Waals surface area contributed by atoms with E-state index < -0.39 is 0 Å². The van der Waals surface area contributed by atoms with Gasteiger partial charge in [0, 0.05) is 0 Å². The van der Waals surface area contributed by atoms with Crippen LogP contribution in [0.5, 0.6) is 5.75 Å². The summed E-state index contributed by atoms with van der Waals surface area (Å²) >= 11 is 2.29. The molecule has 0 unspecified atom stereocenters. The highest BCUT2D eigenvalue weighted by atomic mass is 127. The minimum Gasteiger partial charge on any atom is -0.488 e. The first-order chi connectivity index (χ1) is 16.2. The number of halogens is 1. The molecule has 5 rings (SSSR count). The highest BCUT2D eigenvalue weighted by Crippen LogP contribution is 2.28. The summed E-state index contributed by atoms with van der Waals surface area (Å²) in [5.41, 5.74) is 3.70. The second kappa shape index (κ2) is 9.48. The number of hydrogen-bond donors (Lipinski definition) is 0. The maximum absolute atomic E-state index is 9.79. The lowest BCUT2D eigenvalue weighted by Crippen LogP contribution is -1.98. The van der Waals surface area contributed by atoms with Gasteiger partial charge >= 0.3 is 0 Å². The van der Waals surface area contributed by atoms with Crippen molar-refractivity contribution in [3.63, 3.8) is 0 Å². The summed E-state index contributed by atoms with van der Waals surface area (Å²) in [7, 11) is 0. The molecule has 3 heteroatoms. The quantitative estimate of drug-likeness (QED) is 0.129. The number of allylic oxidation sites excluding steroid dienone is 1. The fourth-order valence-electron chi connectivity index (χ4n) is 4.00. The maximum atomic E-state index is 9.79. The van der Waals surface area contributed by atoms with E-state index in [0.29, 0.717) is 12.2 Å². The molecule has 0 aliphatic heterocycles. The van der Waals surface area contributed by atoms with Crippen LogP contribution in [0.15, 0.2) is 103 Å². The number of ether oxygens (including phenoxy) is 1. The molecule has 158 valence electrons. The molecule has 0 saturated carbocycles. The predicted octanol–water partition coefficient (Wildman–Crippen LogP) is 8.24. The van der Waals surface area contributed by atoms with Crippen molar-refractivity contribution in [1.29, 1.82) is 5.26 Å². The van der Waals surface area contributed by atoms with Gasteiger partial charge in [0.25, 0.3) is 0 Å². The Morgan fingerprint density at radius 2 is 1.55 bits per heavy atom. The van der Waals surface area contributed by atoms with E-state index in [1.165, 1.54) is 16.2 Å². The summed E-state index contributed by atoms with van der Waals surface area (Å²) in [5.74, 6) is 0.838. The monoisotopic (exact) mass is 537 g/mol. The molecule has 0 N–H and O–H groups in total. The zero-order valence-electron chi connectivity index (χ0n) is 17.8. The van der Waals surface area contributed by atoms with Gasteiger partial charge in [-0.2, -0.15) is 5.26 Å². The first-order valence-electron chi connectivity index (χ1n) is 10.7. The molecule has 0 heterocycles. The Morgan fingerprint density at radius 1 is 0.788 bits per heavy atom. The van der Waals surface area contributed by atoms with Crippen LogP contribution in [-0.4, -0.2) is 0 Å². The Morgan fingerprint density at radius 3 is 2.36 bits per heavy atom. The minimum absolute atomic E-state index is 0.507. The molecule has 0 aliphatic carbocycles. The van der Waals surface area contributed by atoms with Gasteiger partial charge in [0.15, 0.2) is 0 Å². The second-order valence-corrected chi connectivity index (χ2v) is 9.01. The van der Waals surface area contributed by atoms with E-state index in [4.69, 9.17) is 4.74 Å². The van der Waals surface area contributed by atoms with E-state index in [-0.39, 0.29) is 0 Å². The number of nitrogens with zero attached hydrogens (tertiary/aromatic N) is 1. The molecule has 0 aliphatic rings. The summed E-state index contributed by atoms with van der Waals surface area (Å²) in [5, 5.41) is 14.5. The third kappa shape index (κ3) is 4.62. The Labute approximate surface area is 206 Å². The Balaban J connectivity index is 1.38. The maximum Gasteiger partial charge on any atom is 0.133 e. The molecule has 0 saturated heterocycles. The van der Waals surface area contributed by atoms with Gasteiger partial charge in [0.2, 0.25) is 0 Å². The van der Waals surface area contributed by atoms with Gasteiger partial charge in [-0.25, -0.2) is 0 Å². The molecule has 0 spiro atoms. The van der Waals surface area contributed by atoms with Crippen molar-refractivity contribution in [2.45, 2.75) is 6.61 Å². The molecule has 0 atom stereocenters. The van der Waals surface area contributed by atoms with E-state index in [2.05, 4.69) is 101 Å². The number of rotatable bonds is 5. The van der Waals surface area contributed by atoms with Crippen molar-refractivity contribution in [2.75, 3.05) is 0 Å². The summed E-state index contributed by atoms with van der Waals surface area (Å²) in [6.07, 6.45) is 1.93. The number of hydrogen-bond acceptors (Lipinski definition) is 2. The molecular weight excluding hydrogens is 517 g/mol. The average molecular weight is 537 g/mol. The first kappa shape index (κ1) is 21.2. The molecule has 33 heavy (non-hydrogen) atoms. The topological polar surface area (TPSA) is 33.0 Å². The van der Waals surface area contributed by atoms with Crippen LogP contribution in [0.4, 0.5) is 0 Å². The van der Waals surface area contributed by atoms with Crippen LogP contribution in [0.1, 0.15) is 16.7 Å². The Bertz CT molecular complexity index is 1540. The number of benzene rings is 5. The van der Waals surface area contributed by atoms with Gasteiger partial charge in [-0.1, -0.05) is 84.9 Å². The SMILES string of the molecule is N#C/C(=C/c1ccc(OCc2cccc3ccccc23)c(I)c1)c1ccc2ccccc2c1. The van der Waals surface area contributed by atoms with Gasteiger partial charge < -0.3 is 4.74 Å². The lowest BCUT2D eigenvalue weighted by molar-refractivity contribution is 0.305. The molecule has 0 bridgehead atoms. The molecule has 5 aromatic carbocycles. The van der Waals surface area contributed by atoms with E-state index in [1.54, 1.807) is 0 Å². The van der Waals surface area contributed by atoms with Crippen LogP contribution in [-0.2, 0) is 6.61 Å². The van der Waals surface area contributed by atoms with E-state index in [1.807, 2.05) is 36.4 Å². The first-order valence-corrected chi connectivity index (χ1v) is 11.8. The lowest BCUT2D eigenvalue weighted by atomic mass is 10.0. The zero-order valence-corrected chi connectivity index (χ0v) is 20.0. The summed E-state index contributed by atoms with van der Waals surface area (Å²) in [6, 6.07) is 37.3. The predicted molar refractivity (Wildman–Crippen MR) is 145 cm³/mol.